The van der Waals surface area contributed by atoms with Crippen molar-refractivity contribution in [1.29, 1.82) is 0 Å². The van der Waals surface area contributed by atoms with Crippen LogP contribution in [0.5, 0.6) is 0 Å². The van der Waals surface area contributed by atoms with E-state index in [1.807, 2.05) is 27.7 Å². The van der Waals surface area contributed by atoms with Gasteiger partial charge in [0.05, 0.1) is 13.2 Å². The van der Waals surface area contributed by atoms with Crippen molar-refractivity contribution in [2.45, 2.75) is 40.5 Å². The molecule has 0 bridgehead atoms. The fourth-order valence-electron chi connectivity index (χ4n) is 2.02. The van der Waals surface area contributed by atoms with Crippen LogP contribution in [0.25, 0.3) is 0 Å². The first kappa shape index (κ1) is 20.1. The number of oxime groups is 1. The zero-order chi connectivity index (χ0) is 16.1. The van der Waals surface area contributed by atoms with Gasteiger partial charge < -0.3 is 20.4 Å². The molecule has 0 aromatic carbocycles. The Labute approximate surface area is 129 Å². The number of ether oxygens (including phenoxy) is 2. The largest absolute Gasteiger partial charge is 0.409 e. The van der Waals surface area contributed by atoms with Gasteiger partial charge in [-0.25, -0.2) is 0 Å². The van der Waals surface area contributed by atoms with E-state index in [1.165, 1.54) is 0 Å². The molecule has 6 heteroatoms. The summed E-state index contributed by atoms with van der Waals surface area (Å²) >= 11 is 0. The first-order valence-electron chi connectivity index (χ1n) is 7.83. The molecule has 0 aromatic heterocycles. The monoisotopic (exact) mass is 303 g/mol. The van der Waals surface area contributed by atoms with Crippen molar-refractivity contribution in [1.82, 2.24) is 4.90 Å². The topological polar surface area (TPSA) is 80.3 Å². The third-order valence-electron chi connectivity index (χ3n) is 3.59. The maximum atomic E-state index is 8.78. The van der Waals surface area contributed by atoms with Crippen molar-refractivity contribution < 1.29 is 14.7 Å². The lowest BCUT2D eigenvalue weighted by Gasteiger charge is -2.26. The second kappa shape index (κ2) is 11.8. The molecule has 0 radical (unpaired) electrons. The Morgan fingerprint density at radius 3 is 2.05 bits per heavy atom. The highest BCUT2D eigenvalue weighted by molar-refractivity contribution is 5.85. The summed E-state index contributed by atoms with van der Waals surface area (Å²) in [4.78, 5) is 2.34. The van der Waals surface area contributed by atoms with Crippen molar-refractivity contribution in [2.24, 2.45) is 16.3 Å². The van der Waals surface area contributed by atoms with Gasteiger partial charge in [-0.3, -0.25) is 4.90 Å². The molecule has 3 N–H and O–H groups in total. The number of rotatable bonds is 13. The number of nitrogens with zero attached hydrogens (tertiary/aromatic N) is 2. The van der Waals surface area contributed by atoms with Crippen LogP contribution in [-0.2, 0) is 9.47 Å². The van der Waals surface area contributed by atoms with Crippen molar-refractivity contribution in [3.05, 3.63) is 0 Å². The zero-order valence-corrected chi connectivity index (χ0v) is 14.1. The third kappa shape index (κ3) is 9.66. The minimum absolute atomic E-state index is 0.278. The van der Waals surface area contributed by atoms with E-state index in [1.54, 1.807) is 0 Å². The van der Waals surface area contributed by atoms with Crippen LogP contribution >= 0.6 is 0 Å². The van der Waals surface area contributed by atoms with Gasteiger partial charge in [0.25, 0.3) is 0 Å². The maximum Gasteiger partial charge on any atom is 0.144 e. The van der Waals surface area contributed by atoms with Gasteiger partial charge in [-0.15, -0.1) is 0 Å². The standard InChI is InChI=1S/C15H33N3O3/c1-5-20-12-10-18(11-13-21-6-2)9-7-8-15(3,4)14(16)17-19/h19H,5-13H2,1-4H3,(H2,16,17). The number of nitrogens with two attached hydrogens (primary N) is 1. The first-order valence-corrected chi connectivity index (χ1v) is 7.83. The summed E-state index contributed by atoms with van der Waals surface area (Å²) in [5.74, 6) is 0.290. The van der Waals surface area contributed by atoms with Gasteiger partial charge in [-0.05, 0) is 33.2 Å². The molecule has 0 atom stereocenters. The van der Waals surface area contributed by atoms with Gasteiger partial charge in [-0.2, -0.15) is 0 Å². The lowest BCUT2D eigenvalue weighted by Crippen LogP contribution is -2.35. The molecular weight excluding hydrogens is 270 g/mol. The van der Waals surface area contributed by atoms with Gasteiger partial charge in [0.2, 0.25) is 0 Å². The maximum absolute atomic E-state index is 8.78. The molecule has 0 aliphatic rings. The smallest absolute Gasteiger partial charge is 0.144 e. The quantitative estimate of drug-likeness (QED) is 0.179. The van der Waals surface area contributed by atoms with Gasteiger partial charge in [0.1, 0.15) is 5.84 Å². The van der Waals surface area contributed by atoms with E-state index in [4.69, 9.17) is 20.4 Å². The molecule has 0 unspecified atom stereocenters. The Hall–Kier alpha value is -0.850. The van der Waals surface area contributed by atoms with Crippen molar-refractivity contribution in [3.63, 3.8) is 0 Å². The van der Waals surface area contributed by atoms with Crippen LogP contribution in [0.4, 0.5) is 0 Å². The Morgan fingerprint density at radius 2 is 1.62 bits per heavy atom. The van der Waals surface area contributed by atoms with E-state index < -0.39 is 0 Å². The van der Waals surface area contributed by atoms with E-state index in [9.17, 15) is 0 Å². The summed E-state index contributed by atoms with van der Waals surface area (Å²) in [5.41, 5.74) is 5.43. The fourth-order valence-corrected chi connectivity index (χ4v) is 2.02. The highest BCUT2D eigenvalue weighted by Crippen LogP contribution is 2.22. The molecule has 0 saturated carbocycles. The average molecular weight is 303 g/mol. The molecule has 0 aliphatic carbocycles. The molecular formula is C15H33N3O3. The Morgan fingerprint density at radius 1 is 1.10 bits per heavy atom. The molecule has 0 rings (SSSR count). The van der Waals surface area contributed by atoms with E-state index >= 15 is 0 Å². The van der Waals surface area contributed by atoms with Gasteiger partial charge in [-0.1, -0.05) is 19.0 Å². The van der Waals surface area contributed by atoms with Gasteiger partial charge in [0, 0.05) is 31.7 Å². The molecule has 0 amide bonds. The molecule has 0 saturated heterocycles. The molecule has 6 nitrogen and oxygen atoms in total. The molecule has 0 aliphatic heterocycles. The van der Waals surface area contributed by atoms with Crippen LogP contribution < -0.4 is 5.73 Å². The third-order valence-corrected chi connectivity index (χ3v) is 3.59. The predicted octanol–water partition coefficient (Wildman–Crippen LogP) is 1.91. The SMILES string of the molecule is CCOCCN(CCCC(C)(C)C(N)=NO)CCOCC. The Balaban J connectivity index is 4.14. The average Bonchev–Trinajstić information content (AvgIpc) is 2.46. The fraction of sp³-hybridized carbons (Fsp3) is 0.933. The van der Waals surface area contributed by atoms with Crippen LogP contribution in [0.15, 0.2) is 5.16 Å². The van der Waals surface area contributed by atoms with Gasteiger partial charge >= 0.3 is 0 Å². The number of amidine groups is 1. The molecule has 126 valence electrons. The van der Waals surface area contributed by atoms with E-state index in [0.717, 1.165) is 58.9 Å². The van der Waals surface area contributed by atoms with Crippen LogP contribution in [0.3, 0.4) is 0 Å². The molecule has 0 heterocycles. The number of hydrogen-bond acceptors (Lipinski definition) is 5. The zero-order valence-electron chi connectivity index (χ0n) is 14.1. The summed E-state index contributed by atoms with van der Waals surface area (Å²) < 4.78 is 10.8. The van der Waals surface area contributed by atoms with Crippen LogP contribution in [-0.4, -0.2) is 62.0 Å². The Bertz CT molecular complexity index is 273. The lowest BCUT2D eigenvalue weighted by atomic mass is 9.86. The second-order valence-electron chi connectivity index (χ2n) is 5.71. The van der Waals surface area contributed by atoms with E-state index in [-0.39, 0.29) is 11.3 Å². The summed E-state index contributed by atoms with van der Waals surface area (Å²) in [5, 5.41) is 11.9. The molecule has 21 heavy (non-hydrogen) atoms. The highest BCUT2D eigenvalue weighted by Gasteiger charge is 2.23. The Kier molecular flexibility index (Phi) is 11.3. The van der Waals surface area contributed by atoms with E-state index in [2.05, 4.69) is 10.1 Å². The predicted molar refractivity (Wildman–Crippen MR) is 85.8 cm³/mol. The molecule has 0 aromatic rings. The normalized spacial score (nSPS) is 13.1. The summed E-state index contributed by atoms with van der Waals surface area (Å²) in [6, 6.07) is 0. The minimum Gasteiger partial charge on any atom is -0.409 e. The van der Waals surface area contributed by atoms with Crippen molar-refractivity contribution in [2.75, 3.05) is 46.1 Å². The lowest BCUT2D eigenvalue weighted by molar-refractivity contribution is 0.0813. The minimum atomic E-state index is -0.278. The molecule has 0 fully saturated rings. The second-order valence-corrected chi connectivity index (χ2v) is 5.71. The van der Waals surface area contributed by atoms with Crippen LogP contribution in [0.2, 0.25) is 0 Å². The molecule has 0 spiro atoms. The first-order chi connectivity index (χ1) is 9.97. The summed E-state index contributed by atoms with van der Waals surface area (Å²) in [6.07, 6.45) is 1.87. The number of hydrogen-bond donors (Lipinski definition) is 2. The van der Waals surface area contributed by atoms with Crippen molar-refractivity contribution >= 4 is 5.84 Å². The summed E-state index contributed by atoms with van der Waals surface area (Å²) in [7, 11) is 0. The highest BCUT2D eigenvalue weighted by atomic mass is 16.5. The van der Waals surface area contributed by atoms with Crippen molar-refractivity contribution in [3.8, 4) is 0 Å². The summed E-state index contributed by atoms with van der Waals surface area (Å²) in [6.45, 7) is 13.7. The van der Waals surface area contributed by atoms with Gasteiger partial charge in [0.15, 0.2) is 0 Å². The van der Waals surface area contributed by atoms with E-state index in [0.29, 0.717) is 0 Å². The van der Waals surface area contributed by atoms with Crippen LogP contribution in [0, 0.1) is 5.41 Å². The van der Waals surface area contributed by atoms with Crippen LogP contribution in [0.1, 0.15) is 40.5 Å².